The van der Waals surface area contributed by atoms with Crippen LogP contribution in [0.5, 0.6) is 0 Å². The van der Waals surface area contributed by atoms with Crippen molar-refractivity contribution in [1.82, 2.24) is 15.1 Å². The smallest absolute Gasteiger partial charge is 0.308 e. The molecule has 0 bridgehead atoms. The Morgan fingerprint density at radius 3 is 2.54 bits per heavy atom. The number of hydrogen-bond donors (Lipinski definition) is 2. The lowest BCUT2D eigenvalue weighted by Crippen LogP contribution is -2.59. The summed E-state index contributed by atoms with van der Waals surface area (Å²) < 4.78 is 5.72. The van der Waals surface area contributed by atoms with Crippen molar-refractivity contribution in [2.75, 3.05) is 13.6 Å². The maximum absolute atomic E-state index is 13.3. The van der Waals surface area contributed by atoms with Crippen molar-refractivity contribution in [1.29, 1.82) is 0 Å². The van der Waals surface area contributed by atoms with Crippen molar-refractivity contribution < 1.29 is 23.9 Å². The lowest BCUT2D eigenvalue weighted by Gasteiger charge is -2.51. The highest BCUT2D eigenvalue weighted by atomic mass is 35.5. The largest absolute Gasteiger partial charge is 0.481 e. The Bertz CT molecular complexity index is 1150. The number of likely N-dealkylation sites (tertiary alicyclic amines) is 1. The molecule has 2 amide bonds. The summed E-state index contributed by atoms with van der Waals surface area (Å²) in [4.78, 5) is 42.5. The maximum Gasteiger partial charge on any atom is 0.308 e. The van der Waals surface area contributed by atoms with E-state index >= 15 is 0 Å². The molecule has 4 atom stereocenters. The van der Waals surface area contributed by atoms with Crippen LogP contribution in [0.3, 0.4) is 0 Å². The summed E-state index contributed by atoms with van der Waals surface area (Å²) in [6, 6.07) is 9.57. The third-order valence-corrected chi connectivity index (χ3v) is 8.62. The minimum Gasteiger partial charge on any atom is -0.481 e. The molecule has 9 heteroatoms. The summed E-state index contributed by atoms with van der Waals surface area (Å²) in [5.41, 5.74) is 0.584. The van der Waals surface area contributed by atoms with E-state index in [2.05, 4.69) is 38.0 Å². The quantitative estimate of drug-likeness (QED) is 0.515. The molecule has 1 aliphatic carbocycles. The predicted octanol–water partition coefficient (Wildman–Crippen LogP) is 4.67. The number of nitrogens with one attached hydrogen (secondary N) is 1. The molecule has 1 saturated heterocycles. The van der Waals surface area contributed by atoms with E-state index in [0.29, 0.717) is 42.6 Å². The molecule has 2 aliphatic rings. The van der Waals surface area contributed by atoms with E-state index in [4.69, 9.17) is 16.0 Å². The SMILES string of the molecule is CC[C@@]1(N(C)C(C)C)CC[C@H](N2CC[C@H](NC(=O)c3ccc(-c4ccc(Cl)cc4)o3)C2=O)[C@@H](C(=O)O)C1. The third kappa shape index (κ3) is 5.41. The zero-order valence-electron chi connectivity index (χ0n) is 21.9. The highest BCUT2D eigenvalue weighted by Crippen LogP contribution is 2.42. The van der Waals surface area contributed by atoms with Gasteiger partial charge in [-0.15, -0.1) is 0 Å². The van der Waals surface area contributed by atoms with Crippen LogP contribution in [0.25, 0.3) is 11.3 Å². The fraction of sp³-hybridized carbons (Fsp3) is 0.536. The van der Waals surface area contributed by atoms with E-state index in [0.717, 1.165) is 18.4 Å². The first-order chi connectivity index (χ1) is 17.6. The Hall–Kier alpha value is -2.84. The topological polar surface area (TPSA) is 103 Å². The van der Waals surface area contributed by atoms with Crippen LogP contribution in [0.2, 0.25) is 5.02 Å². The number of halogens is 1. The Morgan fingerprint density at radius 1 is 1.22 bits per heavy atom. The second-order valence-corrected chi connectivity index (χ2v) is 11.0. The Balaban J connectivity index is 1.43. The van der Waals surface area contributed by atoms with E-state index in [9.17, 15) is 19.5 Å². The maximum atomic E-state index is 13.3. The molecular formula is C28H36ClN3O5. The molecule has 0 spiro atoms. The first kappa shape index (κ1) is 27.2. The van der Waals surface area contributed by atoms with Crippen LogP contribution in [0, 0.1) is 5.92 Å². The number of amides is 2. The molecule has 0 unspecified atom stereocenters. The fourth-order valence-electron chi connectivity index (χ4n) is 5.95. The lowest BCUT2D eigenvalue weighted by atomic mass is 9.70. The molecule has 200 valence electrons. The number of rotatable bonds is 8. The van der Waals surface area contributed by atoms with E-state index < -0.39 is 23.8 Å². The van der Waals surface area contributed by atoms with E-state index in [1.807, 2.05) is 0 Å². The van der Waals surface area contributed by atoms with Crippen molar-refractivity contribution >= 4 is 29.4 Å². The molecule has 37 heavy (non-hydrogen) atoms. The minimum atomic E-state index is -0.870. The number of carbonyl (C=O) groups excluding carboxylic acids is 2. The number of nitrogens with zero attached hydrogens (tertiary/aromatic N) is 2. The predicted molar refractivity (Wildman–Crippen MR) is 141 cm³/mol. The van der Waals surface area contributed by atoms with Gasteiger partial charge in [0.2, 0.25) is 5.91 Å². The van der Waals surface area contributed by atoms with Crippen molar-refractivity contribution in [3.8, 4) is 11.3 Å². The van der Waals surface area contributed by atoms with Crippen LogP contribution in [0.1, 0.15) is 63.4 Å². The molecule has 2 fully saturated rings. The first-order valence-electron chi connectivity index (χ1n) is 13.0. The zero-order chi connectivity index (χ0) is 26.9. The van der Waals surface area contributed by atoms with Crippen LogP contribution >= 0.6 is 11.6 Å². The standard InChI is InChI=1S/C28H36ClN3O5/c1-5-28(31(4)17(2)3)14-12-22(20(16-28)27(35)36)32-15-13-21(26(32)34)30-25(33)24-11-10-23(37-24)18-6-8-19(29)9-7-18/h6-11,17,20-22H,5,12-16H2,1-4H3,(H,30,33)(H,35,36)/t20-,21-,22-,28+/m0/s1. The minimum absolute atomic E-state index is 0.113. The summed E-state index contributed by atoms with van der Waals surface area (Å²) in [7, 11) is 2.06. The average molecular weight is 530 g/mol. The van der Waals surface area contributed by atoms with Crippen LogP contribution in [0.15, 0.2) is 40.8 Å². The number of furan rings is 1. The van der Waals surface area contributed by atoms with Gasteiger partial charge in [0.1, 0.15) is 11.8 Å². The van der Waals surface area contributed by atoms with Crippen molar-refractivity contribution in [2.24, 2.45) is 5.92 Å². The summed E-state index contributed by atoms with van der Waals surface area (Å²) in [6.45, 7) is 6.77. The number of aliphatic carboxylic acids is 1. The number of hydrogen-bond acceptors (Lipinski definition) is 5. The van der Waals surface area contributed by atoms with Gasteiger partial charge in [0.25, 0.3) is 5.91 Å². The van der Waals surface area contributed by atoms with Gasteiger partial charge >= 0.3 is 5.97 Å². The molecule has 1 aromatic heterocycles. The molecule has 0 radical (unpaired) electrons. The molecule has 4 rings (SSSR count). The molecule has 1 aromatic carbocycles. The molecule has 1 aliphatic heterocycles. The summed E-state index contributed by atoms with van der Waals surface area (Å²) in [6.07, 6.45) is 3.23. The van der Waals surface area contributed by atoms with Crippen molar-refractivity contribution in [3.63, 3.8) is 0 Å². The monoisotopic (exact) mass is 529 g/mol. The molecule has 8 nitrogen and oxygen atoms in total. The van der Waals surface area contributed by atoms with Crippen LogP contribution in [-0.4, -0.2) is 69.9 Å². The second-order valence-electron chi connectivity index (χ2n) is 10.6. The van der Waals surface area contributed by atoms with Crippen molar-refractivity contribution in [3.05, 3.63) is 47.2 Å². The Labute approximate surface area is 222 Å². The number of carbonyl (C=O) groups is 3. The van der Waals surface area contributed by atoms with Gasteiger partial charge in [-0.2, -0.15) is 0 Å². The fourth-order valence-corrected chi connectivity index (χ4v) is 6.08. The number of carboxylic acids is 1. The van der Waals surface area contributed by atoms with Crippen LogP contribution in [0.4, 0.5) is 0 Å². The van der Waals surface area contributed by atoms with Gasteiger partial charge in [0.15, 0.2) is 5.76 Å². The molecular weight excluding hydrogens is 494 g/mol. The zero-order valence-corrected chi connectivity index (χ0v) is 22.6. The van der Waals surface area contributed by atoms with Gasteiger partial charge in [0.05, 0.1) is 5.92 Å². The molecule has 2 N–H and O–H groups in total. The number of benzene rings is 1. The van der Waals surface area contributed by atoms with Gasteiger partial charge in [-0.25, -0.2) is 0 Å². The average Bonchev–Trinajstić information content (AvgIpc) is 3.51. The third-order valence-electron chi connectivity index (χ3n) is 8.37. The van der Waals surface area contributed by atoms with Crippen molar-refractivity contribution in [2.45, 2.75) is 76.5 Å². The second kappa shape index (κ2) is 10.9. The van der Waals surface area contributed by atoms with Gasteiger partial charge in [-0.3, -0.25) is 19.3 Å². The number of carboxylic acid groups (broad SMARTS) is 1. The highest BCUT2D eigenvalue weighted by molar-refractivity contribution is 6.30. The van der Waals surface area contributed by atoms with Crippen LogP contribution < -0.4 is 5.32 Å². The van der Waals surface area contributed by atoms with Gasteiger partial charge in [0, 0.05) is 34.8 Å². The highest BCUT2D eigenvalue weighted by Gasteiger charge is 2.50. The van der Waals surface area contributed by atoms with Gasteiger partial charge < -0.3 is 19.7 Å². The first-order valence-corrected chi connectivity index (χ1v) is 13.4. The lowest BCUT2D eigenvalue weighted by molar-refractivity contribution is -0.151. The Kier molecular flexibility index (Phi) is 7.99. The molecule has 1 saturated carbocycles. The molecule has 2 heterocycles. The Morgan fingerprint density at radius 2 is 1.92 bits per heavy atom. The van der Waals surface area contributed by atoms with E-state index in [-0.39, 0.29) is 23.2 Å². The normalized spacial score (nSPS) is 26.2. The summed E-state index contributed by atoms with van der Waals surface area (Å²) in [5.74, 6) is -1.58. The van der Waals surface area contributed by atoms with E-state index in [1.165, 1.54) is 0 Å². The molecule has 2 aromatic rings. The van der Waals surface area contributed by atoms with Crippen LogP contribution in [-0.2, 0) is 9.59 Å². The summed E-state index contributed by atoms with van der Waals surface area (Å²) >= 11 is 5.94. The van der Waals surface area contributed by atoms with Gasteiger partial charge in [-0.1, -0.05) is 18.5 Å². The summed E-state index contributed by atoms with van der Waals surface area (Å²) in [5, 5.41) is 13.5. The van der Waals surface area contributed by atoms with E-state index in [1.54, 1.807) is 41.3 Å². The van der Waals surface area contributed by atoms with Gasteiger partial charge in [-0.05, 0) is 89.4 Å².